The first-order valence-corrected chi connectivity index (χ1v) is 6.87. The molecule has 2 N–H and O–H groups in total. The molecule has 0 radical (unpaired) electrons. The molecule has 18 heavy (non-hydrogen) atoms. The normalized spacial score (nSPS) is 12.4. The Labute approximate surface area is 115 Å². The molecule has 0 amide bonds. The predicted octanol–water partition coefficient (Wildman–Crippen LogP) is 3.18. The maximum atomic E-state index is 13.2. The van der Waals surface area contributed by atoms with Crippen molar-refractivity contribution in [2.24, 2.45) is 0 Å². The van der Waals surface area contributed by atoms with Crippen molar-refractivity contribution in [3.63, 3.8) is 0 Å². The third kappa shape index (κ3) is 5.80. The topological polar surface area (TPSA) is 41.5 Å². The lowest BCUT2D eigenvalue weighted by Crippen LogP contribution is -2.25. The van der Waals surface area contributed by atoms with Crippen molar-refractivity contribution in [3.8, 4) is 0 Å². The molecule has 1 unspecified atom stereocenters. The van der Waals surface area contributed by atoms with Gasteiger partial charge in [0.25, 0.3) is 0 Å². The maximum Gasteiger partial charge on any atom is 0.139 e. The Morgan fingerprint density at radius 2 is 2.28 bits per heavy atom. The van der Waals surface area contributed by atoms with E-state index >= 15 is 0 Å². The second-order valence-corrected chi connectivity index (χ2v) is 4.95. The summed E-state index contributed by atoms with van der Waals surface area (Å²) in [4.78, 5) is 0. The van der Waals surface area contributed by atoms with Crippen molar-refractivity contribution in [3.05, 3.63) is 28.5 Å². The van der Waals surface area contributed by atoms with Gasteiger partial charge in [-0.1, -0.05) is 13.3 Å². The Hall–Kier alpha value is -0.650. The maximum absolute atomic E-state index is 13.2. The van der Waals surface area contributed by atoms with E-state index < -0.39 is 6.10 Å². The number of hydrogen-bond donors (Lipinski definition) is 2. The summed E-state index contributed by atoms with van der Waals surface area (Å²) in [6.07, 6.45) is 1.48. The van der Waals surface area contributed by atoms with Crippen LogP contribution in [0.3, 0.4) is 0 Å². The van der Waals surface area contributed by atoms with Gasteiger partial charge in [-0.05, 0) is 40.5 Å². The summed E-state index contributed by atoms with van der Waals surface area (Å²) >= 11 is 3.09. The van der Waals surface area contributed by atoms with Crippen molar-refractivity contribution < 1.29 is 14.2 Å². The minimum Gasteiger partial charge on any atom is -0.389 e. The number of aliphatic hydroxyl groups is 1. The number of ether oxygens (including phenoxy) is 1. The van der Waals surface area contributed by atoms with E-state index in [1.54, 1.807) is 12.1 Å². The Bertz CT molecular complexity index is 363. The van der Waals surface area contributed by atoms with Gasteiger partial charge in [0.2, 0.25) is 0 Å². The highest BCUT2D eigenvalue weighted by atomic mass is 79.9. The zero-order chi connectivity index (χ0) is 13.4. The Morgan fingerprint density at radius 1 is 1.50 bits per heavy atom. The Kier molecular flexibility index (Phi) is 7.23. The van der Waals surface area contributed by atoms with Crippen LogP contribution in [0.25, 0.3) is 0 Å². The summed E-state index contributed by atoms with van der Waals surface area (Å²) in [5, 5.41) is 12.6. The molecule has 3 nitrogen and oxygen atoms in total. The van der Waals surface area contributed by atoms with Gasteiger partial charge in [-0.3, -0.25) is 0 Å². The molecule has 102 valence electrons. The van der Waals surface area contributed by atoms with Crippen molar-refractivity contribution in [2.75, 3.05) is 25.1 Å². The zero-order valence-electron chi connectivity index (χ0n) is 10.5. The molecule has 1 aromatic rings. The van der Waals surface area contributed by atoms with Crippen LogP contribution >= 0.6 is 15.9 Å². The minimum atomic E-state index is -0.589. The summed E-state index contributed by atoms with van der Waals surface area (Å²) in [6.45, 7) is 3.39. The summed E-state index contributed by atoms with van der Waals surface area (Å²) in [6, 6.07) is 4.76. The highest BCUT2D eigenvalue weighted by Crippen LogP contribution is 2.19. The molecule has 0 spiro atoms. The molecule has 0 aliphatic rings. The van der Waals surface area contributed by atoms with E-state index in [1.807, 2.05) is 0 Å². The van der Waals surface area contributed by atoms with E-state index in [2.05, 4.69) is 28.2 Å². The van der Waals surface area contributed by atoms with Gasteiger partial charge in [0, 0.05) is 18.8 Å². The third-order valence-electron chi connectivity index (χ3n) is 2.41. The molecule has 1 atom stereocenters. The fourth-order valence-corrected chi connectivity index (χ4v) is 1.61. The lowest BCUT2D eigenvalue weighted by atomic mass is 10.3. The van der Waals surface area contributed by atoms with Gasteiger partial charge in [-0.15, -0.1) is 0 Å². The Morgan fingerprint density at radius 3 is 2.94 bits per heavy atom. The van der Waals surface area contributed by atoms with E-state index in [0.717, 1.165) is 12.8 Å². The van der Waals surface area contributed by atoms with Crippen LogP contribution in [0.15, 0.2) is 22.7 Å². The molecule has 0 aliphatic carbocycles. The first-order chi connectivity index (χ1) is 8.63. The van der Waals surface area contributed by atoms with E-state index in [1.165, 1.54) is 6.07 Å². The van der Waals surface area contributed by atoms with Crippen molar-refractivity contribution in [1.82, 2.24) is 0 Å². The van der Waals surface area contributed by atoms with Crippen molar-refractivity contribution >= 4 is 21.6 Å². The van der Waals surface area contributed by atoms with Crippen LogP contribution in [-0.4, -0.2) is 31.0 Å². The molecule has 0 aliphatic heterocycles. The van der Waals surface area contributed by atoms with E-state index in [9.17, 15) is 9.50 Å². The number of rotatable bonds is 8. The van der Waals surface area contributed by atoms with E-state index in [4.69, 9.17) is 4.74 Å². The molecule has 0 heterocycles. The lowest BCUT2D eigenvalue weighted by molar-refractivity contribution is 0.0422. The van der Waals surface area contributed by atoms with Crippen LogP contribution in [0.4, 0.5) is 10.1 Å². The fourth-order valence-electron chi connectivity index (χ4n) is 1.37. The van der Waals surface area contributed by atoms with Gasteiger partial charge in [0.15, 0.2) is 0 Å². The number of hydrogen-bond acceptors (Lipinski definition) is 3. The smallest absolute Gasteiger partial charge is 0.139 e. The van der Waals surface area contributed by atoms with Crippen molar-refractivity contribution in [1.29, 1.82) is 0 Å². The minimum absolute atomic E-state index is 0.298. The van der Waals surface area contributed by atoms with Crippen LogP contribution in [0.2, 0.25) is 0 Å². The standard InChI is InChI=1S/C13H19BrFNO2/c1-2-3-6-18-9-11(17)8-16-10-4-5-12(14)13(15)7-10/h4-5,7,11,16-17H,2-3,6,8-9H2,1H3. The van der Waals surface area contributed by atoms with E-state index in [0.29, 0.717) is 29.9 Å². The monoisotopic (exact) mass is 319 g/mol. The largest absolute Gasteiger partial charge is 0.389 e. The van der Waals surface area contributed by atoms with Gasteiger partial charge in [-0.2, -0.15) is 0 Å². The van der Waals surface area contributed by atoms with Crippen LogP contribution in [0.5, 0.6) is 0 Å². The van der Waals surface area contributed by atoms with Gasteiger partial charge in [-0.25, -0.2) is 4.39 Å². The first-order valence-electron chi connectivity index (χ1n) is 6.08. The van der Waals surface area contributed by atoms with Gasteiger partial charge in [0.05, 0.1) is 17.2 Å². The number of benzene rings is 1. The molecule has 0 aromatic heterocycles. The summed E-state index contributed by atoms with van der Waals surface area (Å²) in [5.41, 5.74) is 0.642. The molecule has 0 saturated carbocycles. The van der Waals surface area contributed by atoms with Crippen LogP contribution in [0.1, 0.15) is 19.8 Å². The van der Waals surface area contributed by atoms with Gasteiger partial charge >= 0.3 is 0 Å². The fraction of sp³-hybridized carbons (Fsp3) is 0.538. The summed E-state index contributed by atoms with van der Waals surface area (Å²) < 4.78 is 18.9. The molecule has 0 bridgehead atoms. The first kappa shape index (κ1) is 15.4. The SMILES string of the molecule is CCCCOCC(O)CNc1ccc(Br)c(F)c1. The number of halogens is 2. The number of aliphatic hydroxyl groups excluding tert-OH is 1. The Balaban J connectivity index is 2.24. The van der Waals surface area contributed by atoms with Crippen molar-refractivity contribution in [2.45, 2.75) is 25.9 Å². The van der Waals surface area contributed by atoms with Crippen LogP contribution < -0.4 is 5.32 Å². The summed E-state index contributed by atoms with van der Waals surface area (Å²) in [7, 11) is 0. The average Bonchev–Trinajstić information content (AvgIpc) is 2.36. The van der Waals surface area contributed by atoms with Gasteiger partial charge in [0.1, 0.15) is 5.82 Å². The average molecular weight is 320 g/mol. The predicted molar refractivity (Wildman–Crippen MR) is 74.3 cm³/mol. The van der Waals surface area contributed by atoms with Crippen LogP contribution in [-0.2, 0) is 4.74 Å². The second-order valence-electron chi connectivity index (χ2n) is 4.09. The highest BCUT2D eigenvalue weighted by Gasteiger charge is 2.05. The molecular weight excluding hydrogens is 301 g/mol. The van der Waals surface area contributed by atoms with Gasteiger partial charge < -0.3 is 15.2 Å². The zero-order valence-corrected chi connectivity index (χ0v) is 12.0. The molecular formula is C13H19BrFNO2. The third-order valence-corrected chi connectivity index (χ3v) is 3.06. The molecule has 0 saturated heterocycles. The molecule has 5 heteroatoms. The second kappa shape index (κ2) is 8.45. The number of nitrogens with one attached hydrogen (secondary N) is 1. The van der Waals surface area contributed by atoms with E-state index in [-0.39, 0.29) is 5.82 Å². The molecule has 0 fully saturated rings. The summed E-state index contributed by atoms with van der Waals surface area (Å²) in [5.74, 6) is -0.325. The molecule has 1 rings (SSSR count). The lowest BCUT2D eigenvalue weighted by Gasteiger charge is -2.13. The molecule has 1 aromatic carbocycles. The highest BCUT2D eigenvalue weighted by molar-refractivity contribution is 9.10. The quantitative estimate of drug-likeness (QED) is 0.723. The number of anilines is 1. The van der Waals surface area contributed by atoms with Crippen LogP contribution in [0, 0.1) is 5.82 Å². The number of unbranched alkanes of at least 4 members (excludes halogenated alkanes) is 1.